The van der Waals surface area contributed by atoms with Gasteiger partial charge in [-0.05, 0) is 46.2 Å². The normalized spacial score (nSPS) is 11.2. The Labute approximate surface area is 129 Å². The van der Waals surface area contributed by atoms with E-state index in [1.54, 1.807) is 0 Å². The third kappa shape index (κ3) is 3.29. The molecule has 0 aliphatic carbocycles. The number of hydrogen-bond acceptors (Lipinski definition) is 1. The summed E-state index contributed by atoms with van der Waals surface area (Å²) in [5.74, 6) is 1.09. The molecule has 0 heterocycles. The minimum absolute atomic E-state index is 0.534. The van der Waals surface area contributed by atoms with Crippen LogP contribution in [-0.4, -0.2) is 14.1 Å². The van der Waals surface area contributed by atoms with Crippen LogP contribution in [0, 0.1) is 0 Å². The second kappa shape index (κ2) is 6.34. The van der Waals surface area contributed by atoms with Gasteiger partial charge in [-0.1, -0.05) is 58.0 Å². The van der Waals surface area contributed by atoms with Gasteiger partial charge >= 0.3 is 0 Å². The van der Waals surface area contributed by atoms with Gasteiger partial charge in [-0.15, -0.1) is 0 Å². The second-order valence-corrected chi connectivity index (χ2v) is 6.56. The maximum Gasteiger partial charge on any atom is 0.0361 e. The number of rotatable bonds is 4. The van der Waals surface area contributed by atoms with Gasteiger partial charge < -0.3 is 4.90 Å². The molecule has 1 nitrogen and oxygen atoms in total. The summed E-state index contributed by atoms with van der Waals surface area (Å²) in [6.45, 7) is 9.14. The lowest BCUT2D eigenvalue weighted by Crippen LogP contribution is -2.08. The van der Waals surface area contributed by atoms with Gasteiger partial charge in [-0.25, -0.2) is 0 Å². The number of anilines is 1. The van der Waals surface area contributed by atoms with E-state index in [9.17, 15) is 0 Å². The van der Waals surface area contributed by atoms with E-state index in [0.29, 0.717) is 11.8 Å². The molecule has 0 atom stereocenters. The van der Waals surface area contributed by atoms with Crippen molar-refractivity contribution in [2.75, 3.05) is 19.0 Å². The summed E-state index contributed by atoms with van der Waals surface area (Å²) < 4.78 is 0. The molecular formula is C20H27N. The quantitative estimate of drug-likeness (QED) is 0.698. The van der Waals surface area contributed by atoms with Gasteiger partial charge in [0.25, 0.3) is 0 Å². The SMILES string of the molecule is CC(C)c1cccc(-c2ccc(N(C)C)cc2)c1C(C)C. The fourth-order valence-electron chi connectivity index (χ4n) is 2.92. The van der Waals surface area contributed by atoms with Crippen molar-refractivity contribution < 1.29 is 0 Å². The highest BCUT2D eigenvalue weighted by Crippen LogP contribution is 2.35. The Hall–Kier alpha value is -1.76. The van der Waals surface area contributed by atoms with Gasteiger partial charge in [0.1, 0.15) is 0 Å². The van der Waals surface area contributed by atoms with E-state index < -0.39 is 0 Å². The molecule has 2 rings (SSSR count). The van der Waals surface area contributed by atoms with Crippen LogP contribution >= 0.6 is 0 Å². The minimum atomic E-state index is 0.534. The van der Waals surface area contributed by atoms with E-state index >= 15 is 0 Å². The van der Waals surface area contributed by atoms with E-state index in [1.165, 1.54) is 27.9 Å². The predicted octanol–water partition coefficient (Wildman–Crippen LogP) is 5.67. The molecule has 0 aliphatic heterocycles. The first-order valence-electron chi connectivity index (χ1n) is 7.82. The molecule has 0 amide bonds. The summed E-state index contributed by atoms with van der Waals surface area (Å²) in [7, 11) is 4.15. The van der Waals surface area contributed by atoms with Crippen molar-refractivity contribution in [3.8, 4) is 11.1 Å². The predicted molar refractivity (Wildman–Crippen MR) is 94.4 cm³/mol. The second-order valence-electron chi connectivity index (χ2n) is 6.56. The zero-order valence-electron chi connectivity index (χ0n) is 14.1. The largest absolute Gasteiger partial charge is 0.378 e. The van der Waals surface area contributed by atoms with Crippen molar-refractivity contribution in [3.05, 3.63) is 53.6 Å². The van der Waals surface area contributed by atoms with Crippen LogP contribution in [0.2, 0.25) is 0 Å². The van der Waals surface area contributed by atoms with Crippen molar-refractivity contribution >= 4 is 5.69 Å². The highest BCUT2D eigenvalue weighted by atomic mass is 15.1. The van der Waals surface area contributed by atoms with Crippen molar-refractivity contribution in [1.29, 1.82) is 0 Å². The molecule has 21 heavy (non-hydrogen) atoms. The molecule has 0 unspecified atom stereocenters. The van der Waals surface area contributed by atoms with Crippen LogP contribution in [-0.2, 0) is 0 Å². The summed E-state index contributed by atoms with van der Waals surface area (Å²) in [6, 6.07) is 15.6. The van der Waals surface area contributed by atoms with Crippen LogP contribution < -0.4 is 4.90 Å². The van der Waals surface area contributed by atoms with Gasteiger partial charge in [-0.3, -0.25) is 0 Å². The lowest BCUT2D eigenvalue weighted by atomic mass is 9.84. The van der Waals surface area contributed by atoms with E-state index in [1.807, 2.05) is 0 Å². The molecule has 0 spiro atoms. The zero-order chi connectivity index (χ0) is 15.6. The monoisotopic (exact) mass is 281 g/mol. The molecule has 2 aromatic rings. The number of nitrogens with zero attached hydrogens (tertiary/aromatic N) is 1. The Bertz CT molecular complexity index is 592. The Morgan fingerprint density at radius 1 is 0.762 bits per heavy atom. The van der Waals surface area contributed by atoms with E-state index in [2.05, 4.69) is 89.2 Å². The van der Waals surface area contributed by atoms with Gasteiger partial charge in [0.2, 0.25) is 0 Å². The third-order valence-corrected chi connectivity index (χ3v) is 4.03. The lowest BCUT2D eigenvalue weighted by Gasteiger charge is -2.21. The van der Waals surface area contributed by atoms with Crippen LogP contribution in [0.25, 0.3) is 11.1 Å². The van der Waals surface area contributed by atoms with Gasteiger partial charge in [0.15, 0.2) is 0 Å². The molecule has 0 aliphatic rings. The highest BCUT2D eigenvalue weighted by molar-refractivity contribution is 5.71. The summed E-state index contributed by atoms with van der Waals surface area (Å²) in [6.07, 6.45) is 0. The molecule has 2 aromatic carbocycles. The average Bonchev–Trinajstić information content (AvgIpc) is 2.46. The summed E-state index contributed by atoms with van der Waals surface area (Å²) in [5, 5.41) is 0. The van der Waals surface area contributed by atoms with Crippen molar-refractivity contribution in [2.24, 2.45) is 0 Å². The Kier molecular flexibility index (Phi) is 4.72. The fraction of sp³-hybridized carbons (Fsp3) is 0.400. The molecule has 0 aromatic heterocycles. The van der Waals surface area contributed by atoms with Crippen molar-refractivity contribution in [1.82, 2.24) is 0 Å². The van der Waals surface area contributed by atoms with Gasteiger partial charge in [0.05, 0.1) is 0 Å². The number of benzene rings is 2. The first-order valence-corrected chi connectivity index (χ1v) is 7.82. The molecule has 0 fully saturated rings. The standard InChI is InChI=1S/C20H27N/c1-14(2)18-8-7-9-19(20(18)15(3)4)16-10-12-17(13-11-16)21(5)6/h7-15H,1-6H3. The summed E-state index contributed by atoms with van der Waals surface area (Å²) >= 11 is 0. The van der Waals surface area contributed by atoms with Gasteiger partial charge in [-0.2, -0.15) is 0 Å². The maximum absolute atomic E-state index is 2.29. The minimum Gasteiger partial charge on any atom is -0.378 e. The van der Waals surface area contributed by atoms with Gasteiger partial charge in [0, 0.05) is 19.8 Å². The molecule has 0 N–H and O–H groups in total. The molecule has 0 saturated carbocycles. The van der Waals surface area contributed by atoms with E-state index in [-0.39, 0.29) is 0 Å². The smallest absolute Gasteiger partial charge is 0.0361 e. The number of hydrogen-bond donors (Lipinski definition) is 0. The molecule has 112 valence electrons. The molecule has 0 radical (unpaired) electrons. The van der Waals surface area contributed by atoms with Crippen molar-refractivity contribution in [3.63, 3.8) is 0 Å². The van der Waals surface area contributed by atoms with Crippen LogP contribution in [0.1, 0.15) is 50.7 Å². The van der Waals surface area contributed by atoms with Crippen LogP contribution in [0.3, 0.4) is 0 Å². The zero-order valence-corrected chi connectivity index (χ0v) is 14.1. The first kappa shape index (κ1) is 15.6. The molecular weight excluding hydrogens is 254 g/mol. The lowest BCUT2D eigenvalue weighted by molar-refractivity contribution is 0.792. The first-order chi connectivity index (χ1) is 9.91. The molecule has 1 heteroatoms. The average molecular weight is 281 g/mol. The van der Waals surface area contributed by atoms with E-state index in [0.717, 1.165) is 0 Å². The Morgan fingerprint density at radius 2 is 1.38 bits per heavy atom. The molecule has 0 bridgehead atoms. The summed E-state index contributed by atoms with van der Waals surface area (Å²) in [4.78, 5) is 2.14. The third-order valence-electron chi connectivity index (χ3n) is 4.03. The van der Waals surface area contributed by atoms with Crippen LogP contribution in [0.4, 0.5) is 5.69 Å². The maximum atomic E-state index is 2.29. The fourth-order valence-corrected chi connectivity index (χ4v) is 2.92. The molecule has 0 saturated heterocycles. The Balaban J connectivity index is 2.55. The summed E-state index contributed by atoms with van der Waals surface area (Å²) in [5.41, 5.74) is 6.89. The van der Waals surface area contributed by atoms with E-state index in [4.69, 9.17) is 0 Å². The van der Waals surface area contributed by atoms with Crippen LogP contribution in [0.5, 0.6) is 0 Å². The van der Waals surface area contributed by atoms with Crippen molar-refractivity contribution in [2.45, 2.75) is 39.5 Å². The Morgan fingerprint density at radius 3 is 1.86 bits per heavy atom. The topological polar surface area (TPSA) is 3.24 Å². The van der Waals surface area contributed by atoms with Crippen LogP contribution in [0.15, 0.2) is 42.5 Å². The highest BCUT2D eigenvalue weighted by Gasteiger charge is 2.15.